The zero-order valence-corrected chi connectivity index (χ0v) is 19.7. The predicted molar refractivity (Wildman–Crippen MR) is 117 cm³/mol. The SMILES string of the molecule is CCN1C[C@@H]2C[C@](c3cc(F)ccc3F)(S(=O)(=O)c3ccc(Cl)cc3)CC[C@@H]2NS1(=O)=O. The predicted octanol–water partition coefficient (Wildman–Crippen LogP) is 3.63. The normalized spacial score (nSPS) is 28.2. The van der Waals surface area contributed by atoms with E-state index in [4.69, 9.17) is 11.6 Å². The molecule has 1 N–H and O–H groups in total. The van der Waals surface area contributed by atoms with Gasteiger partial charge in [-0.25, -0.2) is 17.2 Å². The van der Waals surface area contributed by atoms with Crippen LogP contribution in [0.25, 0.3) is 0 Å². The number of nitrogens with one attached hydrogen (secondary N) is 1. The van der Waals surface area contributed by atoms with Gasteiger partial charge in [-0.05, 0) is 67.6 Å². The minimum atomic E-state index is -4.20. The monoisotopic (exact) mass is 504 g/mol. The van der Waals surface area contributed by atoms with Crippen LogP contribution >= 0.6 is 11.6 Å². The van der Waals surface area contributed by atoms with Crippen molar-refractivity contribution in [2.75, 3.05) is 13.1 Å². The largest absolute Gasteiger partial charge is 0.279 e. The van der Waals surface area contributed by atoms with Crippen molar-refractivity contribution in [3.63, 3.8) is 0 Å². The molecule has 0 aromatic heterocycles. The highest BCUT2D eigenvalue weighted by atomic mass is 35.5. The lowest BCUT2D eigenvalue weighted by molar-refractivity contribution is 0.177. The van der Waals surface area contributed by atoms with Crippen molar-refractivity contribution in [3.8, 4) is 0 Å². The van der Waals surface area contributed by atoms with Crippen molar-refractivity contribution >= 4 is 31.6 Å². The first-order chi connectivity index (χ1) is 15.0. The molecular weight excluding hydrogens is 482 g/mol. The quantitative estimate of drug-likeness (QED) is 0.689. The first kappa shape index (κ1) is 23.6. The first-order valence-corrected chi connectivity index (χ1v) is 13.5. The number of hydrogen-bond acceptors (Lipinski definition) is 4. The lowest BCUT2D eigenvalue weighted by Crippen LogP contribution is -2.61. The molecule has 11 heteroatoms. The third-order valence-electron chi connectivity index (χ3n) is 6.51. The average Bonchev–Trinajstić information content (AvgIpc) is 2.74. The van der Waals surface area contributed by atoms with Crippen LogP contribution in [0.2, 0.25) is 5.02 Å². The number of nitrogens with zero attached hydrogens (tertiary/aromatic N) is 1. The van der Waals surface area contributed by atoms with E-state index in [1.807, 2.05) is 0 Å². The summed E-state index contributed by atoms with van der Waals surface area (Å²) in [4.78, 5) is -0.0484. The molecule has 1 aliphatic carbocycles. The Morgan fingerprint density at radius 2 is 1.88 bits per heavy atom. The molecule has 2 fully saturated rings. The van der Waals surface area contributed by atoms with Gasteiger partial charge in [-0.2, -0.15) is 17.4 Å². The Morgan fingerprint density at radius 3 is 2.53 bits per heavy atom. The van der Waals surface area contributed by atoms with Crippen LogP contribution < -0.4 is 4.72 Å². The number of benzene rings is 2. The van der Waals surface area contributed by atoms with Crippen molar-refractivity contribution in [2.45, 2.75) is 41.9 Å². The Kier molecular flexibility index (Phi) is 6.13. The number of halogens is 3. The maximum atomic E-state index is 15.0. The topological polar surface area (TPSA) is 83.6 Å². The molecule has 1 heterocycles. The Balaban J connectivity index is 1.87. The van der Waals surface area contributed by atoms with Gasteiger partial charge in [0.25, 0.3) is 10.2 Å². The van der Waals surface area contributed by atoms with Crippen molar-refractivity contribution in [2.24, 2.45) is 5.92 Å². The van der Waals surface area contributed by atoms with E-state index in [0.717, 1.165) is 18.2 Å². The highest BCUT2D eigenvalue weighted by Gasteiger charge is 2.55. The smallest absolute Gasteiger partial charge is 0.223 e. The van der Waals surface area contributed by atoms with Crippen molar-refractivity contribution in [3.05, 3.63) is 64.7 Å². The second-order valence-corrected chi connectivity index (χ2v) is 12.7. The van der Waals surface area contributed by atoms with E-state index in [1.165, 1.54) is 28.6 Å². The summed E-state index contributed by atoms with van der Waals surface area (Å²) in [5.74, 6) is -1.96. The molecule has 3 atom stereocenters. The van der Waals surface area contributed by atoms with E-state index in [-0.39, 0.29) is 42.8 Å². The molecule has 32 heavy (non-hydrogen) atoms. The standard InChI is InChI=1S/C21H23ClF2N2O4S2/c1-2-26-13-14-12-21(10-9-20(14)25-32(26,29)30,18-11-16(23)5-8-19(18)24)31(27,28)17-6-3-15(22)4-7-17/h3-8,11,14,20,25H,2,9-10,12-13H2,1H3/t14-,20-,21+/m0/s1. The molecule has 0 spiro atoms. The summed E-state index contributed by atoms with van der Waals surface area (Å²) in [6.45, 7) is 2.00. The van der Waals surface area contributed by atoms with Gasteiger partial charge in [0.05, 0.1) is 4.90 Å². The fraction of sp³-hybridized carbons (Fsp3) is 0.429. The number of hydrogen-bond donors (Lipinski definition) is 1. The summed E-state index contributed by atoms with van der Waals surface area (Å²) in [7, 11) is -7.87. The van der Waals surface area contributed by atoms with Crippen LogP contribution in [-0.2, 0) is 24.8 Å². The van der Waals surface area contributed by atoms with Gasteiger partial charge in [0.1, 0.15) is 16.4 Å². The second-order valence-electron chi connectivity index (χ2n) is 8.26. The van der Waals surface area contributed by atoms with Crippen molar-refractivity contribution in [1.29, 1.82) is 0 Å². The zero-order valence-electron chi connectivity index (χ0n) is 17.3. The van der Waals surface area contributed by atoms with Gasteiger partial charge in [0.2, 0.25) is 0 Å². The van der Waals surface area contributed by atoms with E-state index in [0.29, 0.717) is 5.02 Å². The van der Waals surface area contributed by atoms with Crippen LogP contribution in [0.3, 0.4) is 0 Å². The minimum absolute atomic E-state index is 0.0484. The summed E-state index contributed by atoms with van der Waals surface area (Å²) in [6, 6.07) is 7.90. The highest BCUT2D eigenvalue weighted by Crippen LogP contribution is 2.50. The summed E-state index contributed by atoms with van der Waals surface area (Å²) in [5.41, 5.74) is -0.234. The average molecular weight is 505 g/mol. The van der Waals surface area contributed by atoms with Gasteiger partial charge < -0.3 is 0 Å². The van der Waals surface area contributed by atoms with Crippen LogP contribution in [0, 0.1) is 17.6 Å². The Morgan fingerprint density at radius 1 is 1.19 bits per heavy atom. The molecule has 1 saturated carbocycles. The third kappa shape index (κ3) is 3.86. The number of sulfone groups is 1. The maximum Gasteiger partial charge on any atom is 0.279 e. The molecular formula is C21H23ClF2N2O4S2. The lowest BCUT2D eigenvalue weighted by Gasteiger charge is -2.48. The molecule has 6 nitrogen and oxygen atoms in total. The molecule has 0 bridgehead atoms. The van der Waals surface area contributed by atoms with Gasteiger partial charge in [-0.3, -0.25) is 0 Å². The van der Waals surface area contributed by atoms with Gasteiger partial charge in [0.15, 0.2) is 9.84 Å². The zero-order chi connectivity index (χ0) is 23.3. The van der Waals surface area contributed by atoms with E-state index in [2.05, 4.69) is 4.72 Å². The van der Waals surface area contributed by atoms with Crippen molar-refractivity contribution in [1.82, 2.24) is 9.03 Å². The molecule has 174 valence electrons. The van der Waals surface area contributed by atoms with Crippen LogP contribution in [-0.4, -0.2) is 40.3 Å². The second kappa shape index (κ2) is 8.32. The van der Waals surface area contributed by atoms with E-state index in [9.17, 15) is 21.2 Å². The van der Waals surface area contributed by atoms with Crippen LogP contribution in [0.1, 0.15) is 31.7 Å². The first-order valence-electron chi connectivity index (χ1n) is 10.2. The molecule has 1 aliphatic heterocycles. The molecule has 0 amide bonds. The molecule has 0 radical (unpaired) electrons. The highest BCUT2D eigenvalue weighted by molar-refractivity contribution is 7.92. The molecule has 0 unspecified atom stereocenters. The summed E-state index contributed by atoms with van der Waals surface area (Å²) in [6.07, 6.45) is 0.0559. The Labute approximate surface area is 191 Å². The minimum Gasteiger partial charge on any atom is -0.223 e. The summed E-state index contributed by atoms with van der Waals surface area (Å²) >= 11 is 5.92. The molecule has 2 aliphatic rings. The summed E-state index contributed by atoms with van der Waals surface area (Å²) in [5, 5.41) is 0.346. The van der Waals surface area contributed by atoms with E-state index >= 15 is 4.39 Å². The fourth-order valence-electron chi connectivity index (χ4n) is 4.88. The van der Waals surface area contributed by atoms with E-state index in [1.54, 1.807) is 6.92 Å². The van der Waals surface area contributed by atoms with Crippen molar-refractivity contribution < 1.29 is 25.6 Å². The van der Waals surface area contributed by atoms with E-state index < -0.39 is 48.4 Å². The van der Waals surface area contributed by atoms with Crippen LogP contribution in [0.4, 0.5) is 8.78 Å². The molecule has 4 rings (SSSR count). The lowest BCUT2D eigenvalue weighted by atomic mass is 9.74. The molecule has 1 saturated heterocycles. The Hall–Kier alpha value is -1.59. The van der Waals surface area contributed by atoms with Gasteiger partial charge in [0, 0.05) is 29.7 Å². The molecule has 2 aromatic rings. The number of fused-ring (bicyclic) bond motifs is 1. The van der Waals surface area contributed by atoms with Crippen LogP contribution in [0.15, 0.2) is 47.4 Å². The maximum absolute atomic E-state index is 15.0. The van der Waals surface area contributed by atoms with Gasteiger partial charge in [-0.15, -0.1) is 0 Å². The van der Waals surface area contributed by atoms with Gasteiger partial charge >= 0.3 is 0 Å². The number of rotatable bonds is 4. The van der Waals surface area contributed by atoms with Crippen LogP contribution in [0.5, 0.6) is 0 Å². The molecule has 2 aromatic carbocycles. The fourth-order valence-corrected chi connectivity index (χ4v) is 8.79. The summed E-state index contributed by atoms with van der Waals surface area (Å²) < 4.78 is 84.1. The van der Waals surface area contributed by atoms with Gasteiger partial charge in [-0.1, -0.05) is 18.5 Å². The third-order valence-corrected chi connectivity index (χ3v) is 11.0. The Bertz CT molecular complexity index is 1240.